The van der Waals surface area contributed by atoms with Gasteiger partial charge in [-0.25, -0.2) is 13.2 Å². The summed E-state index contributed by atoms with van der Waals surface area (Å²) in [6.07, 6.45) is 0. The average Bonchev–Trinajstić information content (AvgIpc) is 2.73. The highest BCUT2D eigenvalue weighted by molar-refractivity contribution is 7.92. The lowest BCUT2D eigenvalue weighted by Crippen LogP contribution is -2.31. The number of nitrogens with zero attached hydrogens (tertiary/aromatic N) is 1. The van der Waals surface area contributed by atoms with Crippen molar-refractivity contribution in [3.8, 4) is 5.75 Å². The van der Waals surface area contributed by atoms with Gasteiger partial charge < -0.3 is 10.1 Å². The van der Waals surface area contributed by atoms with Crippen molar-refractivity contribution in [1.29, 1.82) is 0 Å². The van der Waals surface area contributed by atoms with Gasteiger partial charge in [0.1, 0.15) is 5.75 Å². The van der Waals surface area contributed by atoms with E-state index in [1.54, 1.807) is 68.8 Å². The molecule has 3 aromatic rings. The first kappa shape index (κ1) is 21.5. The summed E-state index contributed by atoms with van der Waals surface area (Å²) < 4.78 is 32.8. The number of amides is 2. The molecule has 30 heavy (non-hydrogen) atoms. The third-order valence-electron chi connectivity index (χ3n) is 4.24. The number of carbonyl (C=O) groups excluding carboxylic acids is 1. The van der Waals surface area contributed by atoms with Crippen molar-refractivity contribution in [3.63, 3.8) is 0 Å². The minimum atomic E-state index is -3.79. The molecular weight excluding hydrogens is 426 g/mol. The van der Waals surface area contributed by atoms with Crippen molar-refractivity contribution in [2.45, 2.75) is 4.90 Å². The molecule has 0 spiro atoms. The van der Waals surface area contributed by atoms with Crippen LogP contribution in [0.2, 0.25) is 5.02 Å². The molecule has 0 aliphatic rings. The lowest BCUT2D eigenvalue weighted by atomic mass is 10.3. The van der Waals surface area contributed by atoms with Crippen LogP contribution in [0, 0.1) is 0 Å². The van der Waals surface area contributed by atoms with Crippen molar-refractivity contribution in [3.05, 3.63) is 77.8 Å². The second kappa shape index (κ2) is 9.06. The van der Waals surface area contributed by atoms with Crippen molar-refractivity contribution < 1.29 is 17.9 Å². The Kier molecular flexibility index (Phi) is 6.49. The number of rotatable bonds is 6. The fraction of sp³-hybridized carbons (Fsp3) is 0.0952. The van der Waals surface area contributed by atoms with E-state index in [4.69, 9.17) is 16.3 Å². The first-order valence-corrected chi connectivity index (χ1v) is 10.7. The first-order valence-electron chi connectivity index (χ1n) is 8.86. The molecule has 3 aromatic carbocycles. The van der Waals surface area contributed by atoms with Crippen LogP contribution in [-0.2, 0) is 10.0 Å². The maximum atomic E-state index is 12.6. The van der Waals surface area contributed by atoms with Gasteiger partial charge in [0.2, 0.25) is 0 Å². The van der Waals surface area contributed by atoms with Gasteiger partial charge >= 0.3 is 6.03 Å². The van der Waals surface area contributed by atoms with E-state index in [2.05, 4.69) is 10.0 Å². The first-order chi connectivity index (χ1) is 14.3. The van der Waals surface area contributed by atoms with Gasteiger partial charge in [0.25, 0.3) is 10.0 Å². The van der Waals surface area contributed by atoms with Crippen LogP contribution in [0.4, 0.5) is 21.9 Å². The van der Waals surface area contributed by atoms with Gasteiger partial charge in [-0.05, 0) is 54.6 Å². The molecule has 3 rings (SSSR count). The molecule has 156 valence electrons. The number of carbonyl (C=O) groups is 1. The molecule has 0 aromatic heterocycles. The lowest BCUT2D eigenvalue weighted by molar-refractivity contribution is 0.258. The summed E-state index contributed by atoms with van der Waals surface area (Å²) in [5.41, 5.74) is 1.47. The van der Waals surface area contributed by atoms with Crippen LogP contribution < -0.4 is 19.7 Å². The number of halogens is 1. The highest BCUT2D eigenvalue weighted by atomic mass is 35.5. The zero-order valence-electron chi connectivity index (χ0n) is 16.3. The second-order valence-corrected chi connectivity index (χ2v) is 8.45. The fourth-order valence-corrected chi connectivity index (χ4v) is 3.88. The fourth-order valence-electron chi connectivity index (χ4n) is 2.64. The molecule has 2 amide bonds. The van der Waals surface area contributed by atoms with E-state index < -0.39 is 10.0 Å². The van der Waals surface area contributed by atoms with Gasteiger partial charge in [0.05, 0.1) is 17.7 Å². The van der Waals surface area contributed by atoms with Crippen LogP contribution in [0.3, 0.4) is 0 Å². The van der Waals surface area contributed by atoms with Gasteiger partial charge in [-0.1, -0.05) is 23.7 Å². The number of hydrogen-bond donors (Lipinski definition) is 2. The minimum absolute atomic E-state index is 0.0628. The van der Waals surface area contributed by atoms with E-state index in [0.717, 1.165) is 0 Å². The molecule has 9 heteroatoms. The zero-order valence-corrected chi connectivity index (χ0v) is 17.9. The van der Waals surface area contributed by atoms with E-state index in [1.807, 2.05) is 0 Å². The van der Waals surface area contributed by atoms with Gasteiger partial charge in [0, 0.05) is 29.5 Å². The third kappa shape index (κ3) is 5.22. The molecular formula is C21H20ClN3O4S. The van der Waals surface area contributed by atoms with Gasteiger partial charge in [0.15, 0.2) is 0 Å². The van der Waals surface area contributed by atoms with Crippen molar-refractivity contribution >= 4 is 44.7 Å². The van der Waals surface area contributed by atoms with Crippen LogP contribution in [0.25, 0.3) is 0 Å². The Morgan fingerprint density at radius 2 is 1.63 bits per heavy atom. The maximum Gasteiger partial charge on any atom is 0.326 e. The molecule has 0 fully saturated rings. The molecule has 0 saturated heterocycles. The highest BCUT2D eigenvalue weighted by Gasteiger charge is 2.16. The van der Waals surface area contributed by atoms with Crippen molar-refractivity contribution in [1.82, 2.24) is 0 Å². The molecule has 0 unspecified atom stereocenters. The summed E-state index contributed by atoms with van der Waals surface area (Å²) in [6, 6.07) is 19.0. The van der Waals surface area contributed by atoms with Crippen LogP contribution in [0.5, 0.6) is 5.75 Å². The van der Waals surface area contributed by atoms with Crippen molar-refractivity contribution in [2.75, 3.05) is 29.1 Å². The Morgan fingerprint density at radius 3 is 2.30 bits per heavy atom. The number of methoxy groups -OCH3 is 1. The smallest absolute Gasteiger partial charge is 0.326 e. The van der Waals surface area contributed by atoms with E-state index in [1.165, 1.54) is 23.1 Å². The number of sulfonamides is 1. The molecule has 0 radical (unpaired) electrons. The van der Waals surface area contributed by atoms with Crippen LogP contribution >= 0.6 is 11.6 Å². The number of nitrogens with one attached hydrogen (secondary N) is 2. The predicted molar refractivity (Wildman–Crippen MR) is 119 cm³/mol. The monoisotopic (exact) mass is 445 g/mol. The molecule has 0 bridgehead atoms. The molecule has 0 atom stereocenters. The van der Waals surface area contributed by atoms with E-state index in [0.29, 0.717) is 27.8 Å². The number of hydrogen-bond acceptors (Lipinski definition) is 4. The number of anilines is 3. The van der Waals surface area contributed by atoms with Crippen LogP contribution in [0.15, 0.2) is 77.7 Å². The number of urea groups is 1. The number of benzene rings is 3. The molecule has 0 saturated carbocycles. The summed E-state index contributed by atoms with van der Waals surface area (Å²) in [4.78, 5) is 13.9. The molecule has 7 nitrogen and oxygen atoms in total. The lowest BCUT2D eigenvalue weighted by Gasteiger charge is -2.19. The Morgan fingerprint density at radius 1 is 0.967 bits per heavy atom. The van der Waals surface area contributed by atoms with Gasteiger partial charge in [-0.2, -0.15) is 0 Å². The Balaban J connectivity index is 1.71. The summed E-state index contributed by atoms with van der Waals surface area (Å²) >= 11 is 5.89. The maximum absolute atomic E-state index is 12.6. The van der Waals surface area contributed by atoms with Gasteiger partial charge in [-0.3, -0.25) is 9.62 Å². The minimum Gasteiger partial charge on any atom is -0.497 e. The zero-order chi connectivity index (χ0) is 21.7. The molecule has 0 aliphatic carbocycles. The SMILES string of the molecule is COc1cccc(NC(=O)N(C)c2ccc(S(=O)(=O)Nc3cccc(Cl)c3)cc2)c1. The summed E-state index contributed by atoms with van der Waals surface area (Å²) in [7, 11) is -0.659. The topological polar surface area (TPSA) is 87.7 Å². The summed E-state index contributed by atoms with van der Waals surface area (Å²) in [6.45, 7) is 0. The summed E-state index contributed by atoms with van der Waals surface area (Å²) in [5.74, 6) is 0.622. The largest absolute Gasteiger partial charge is 0.497 e. The molecule has 0 heterocycles. The number of ether oxygens (including phenoxy) is 1. The van der Waals surface area contributed by atoms with Crippen molar-refractivity contribution in [2.24, 2.45) is 0 Å². The average molecular weight is 446 g/mol. The Bertz CT molecular complexity index is 1150. The highest BCUT2D eigenvalue weighted by Crippen LogP contribution is 2.23. The summed E-state index contributed by atoms with van der Waals surface area (Å²) in [5, 5.41) is 3.19. The molecule has 2 N–H and O–H groups in total. The third-order valence-corrected chi connectivity index (χ3v) is 5.87. The quantitative estimate of drug-likeness (QED) is 0.569. The predicted octanol–water partition coefficient (Wildman–Crippen LogP) is 4.82. The van der Waals surface area contributed by atoms with Crippen LogP contribution in [0.1, 0.15) is 0 Å². The Labute approximate surface area is 180 Å². The standard InChI is InChI=1S/C21H20ClN3O4S/c1-25(21(26)23-16-6-4-8-19(14-16)29-2)18-9-11-20(12-10-18)30(27,28)24-17-7-3-5-15(22)13-17/h3-14,24H,1-2H3,(H,23,26). The Hall–Kier alpha value is -3.23. The van der Waals surface area contributed by atoms with Crippen LogP contribution in [-0.4, -0.2) is 28.6 Å². The van der Waals surface area contributed by atoms with Gasteiger partial charge in [-0.15, -0.1) is 0 Å². The normalized spacial score (nSPS) is 10.9. The second-order valence-electron chi connectivity index (χ2n) is 6.33. The van der Waals surface area contributed by atoms with E-state index in [9.17, 15) is 13.2 Å². The van der Waals surface area contributed by atoms with E-state index in [-0.39, 0.29) is 10.9 Å². The van der Waals surface area contributed by atoms with E-state index >= 15 is 0 Å². The molecule has 0 aliphatic heterocycles.